The van der Waals surface area contributed by atoms with E-state index in [1.165, 1.54) is 11.4 Å². The van der Waals surface area contributed by atoms with Crippen molar-refractivity contribution in [3.63, 3.8) is 0 Å². The summed E-state index contributed by atoms with van der Waals surface area (Å²) in [5.74, 6) is 1.70. The van der Waals surface area contributed by atoms with Crippen molar-refractivity contribution in [3.05, 3.63) is 47.8 Å². The third kappa shape index (κ3) is 12.7. The maximum atomic E-state index is 4.30. The molecule has 0 N–H and O–H groups in total. The molecule has 3 nitrogen and oxygen atoms in total. The van der Waals surface area contributed by atoms with Crippen LogP contribution in [0.3, 0.4) is 0 Å². The van der Waals surface area contributed by atoms with E-state index in [4.69, 9.17) is 0 Å². The molecule has 0 bridgehead atoms. The zero-order valence-electron chi connectivity index (χ0n) is 19.6. The fraction of sp³-hybridized carbons (Fsp3) is 0.652. The summed E-state index contributed by atoms with van der Waals surface area (Å²) in [6.07, 6.45) is 6.91. The lowest BCUT2D eigenvalue weighted by Gasteiger charge is -2.13. The van der Waals surface area contributed by atoms with Crippen molar-refractivity contribution in [3.8, 4) is 0 Å². The van der Waals surface area contributed by atoms with Gasteiger partial charge in [0.2, 0.25) is 0 Å². The van der Waals surface area contributed by atoms with E-state index in [1.807, 2.05) is 73.1 Å². The molecule has 0 fully saturated rings. The smallest absolute Gasteiger partial charge is 0.111 e. The van der Waals surface area contributed by atoms with Crippen LogP contribution in [0.2, 0.25) is 0 Å². The van der Waals surface area contributed by atoms with E-state index in [2.05, 4.69) is 55.2 Å². The van der Waals surface area contributed by atoms with Gasteiger partial charge in [-0.1, -0.05) is 68.4 Å². The quantitative estimate of drug-likeness (QED) is 0.561. The third-order valence-corrected chi connectivity index (χ3v) is 3.15. The minimum Gasteiger partial charge on any atom is -0.332 e. The first-order valence-electron chi connectivity index (χ1n) is 10.4. The van der Waals surface area contributed by atoms with Gasteiger partial charge in [-0.15, -0.1) is 0 Å². The first-order chi connectivity index (χ1) is 12.5. The van der Waals surface area contributed by atoms with E-state index >= 15 is 0 Å². The zero-order valence-corrected chi connectivity index (χ0v) is 19.6. The Hall–Kier alpha value is -1.64. The fourth-order valence-corrected chi connectivity index (χ4v) is 1.92. The first-order valence-corrected chi connectivity index (χ1v) is 10.4. The number of aryl methyl sites for hydroxylation is 2. The Morgan fingerprint density at radius 2 is 1.42 bits per heavy atom. The summed E-state index contributed by atoms with van der Waals surface area (Å²) >= 11 is 0. The molecular formula is C23H45N3. The van der Waals surface area contributed by atoms with Crippen molar-refractivity contribution < 1.29 is 0 Å². The molecule has 0 spiro atoms. The number of rotatable bonds is 3. The van der Waals surface area contributed by atoms with E-state index in [1.54, 1.807) is 0 Å². The Morgan fingerprint density at radius 3 is 1.73 bits per heavy atom. The molecule has 0 aromatic carbocycles. The molecule has 0 aliphatic rings. The zero-order chi connectivity index (χ0) is 21.1. The highest BCUT2D eigenvalue weighted by molar-refractivity contribution is 5.12. The lowest BCUT2D eigenvalue weighted by atomic mass is 10.2. The lowest BCUT2D eigenvalue weighted by molar-refractivity contribution is 0.550. The van der Waals surface area contributed by atoms with Gasteiger partial charge in [0.1, 0.15) is 5.82 Å². The van der Waals surface area contributed by atoms with Crippen molar-refractivity contribution >= 4 is 0 Å². The van der Waals surface area contributed by atoms with E-state index in [0.717, 1.165) is 12.1 Å². The Bertz CT molecular complexity index is 474. The molecule has 3 heteroatoms. The number of aromatic nitrogens is 3. The van der Waals surface area contributed by atoms with Gasteiger partial charge in [0.25, 0.3) is 0 Å². The summed E-state index contributed by atoms with van der Waals surface area (Å²) in [6.45, 7) is 24.8. The van der Waals surface area contributed by atoms with Gasteiger partial charge in [-0.05, 0) is 38.8 Å². The van der Waals surface area contributed by atoms with Crippen LogP contribution in [0.5, 0.6) is 0 Å². The van der Waals surface area contributed by atoms with Gasteiger partial charge in [0.05, 0.1) is 0 Å². The average molecular weight is 364 g/mol. The van der Waals surface area contributed by atoms with Gasteiger partial charge in [0.15, 0.2) is 0 Å². The van der Waals surface area contributed by atoms with Gasteiger partial charge >= 0.3 is 0 Å². The van der Waals surface area contributed by atoms with E-state index in [0.29, 0.717) is 12.0 Å². The summed E-state index contributed by atoms with van der Waals surface area (Å²) in [6, 6.07) is 4.68. The maximum absolute atomic E-state index is 4.30. The molecule has 0 saturated heterocycles. The van der Waals surface area contributed by atoms with Crippen LogP contribution >= 0.6 is 0 Å². The van der Waals surface area contributed by atoms with E-state index < -0.39 is 0 Å². The summed E-state index contributed by atoms with van der Waals surface area (Å²) in [5, 5.41) is 0. The highest BCUT2D eigenvalue weighted by Crippen LogP contribution is 2.15. The summed E-state index contributed by atoms with van der Waals surface area (Å²) in [7, 11) is 0. The van der Waals surface area contributed by atoms with Gasteiger partial charge < -0.3 is 4.57 Å². The normalized spacial score (nSPS) is 8.85. The van der Waals surface area contributed by atoms with Crippen molar-refractivity contribution in [1.29, 1.82) is 0 Å². The summed E-state index contributed by atoms with van der Waals surface area (Å²) in [5.41, 5.74) is 2.40. The highest BCUT2D eigenvalue weighted by Gasteiger charge is 2.08. The molecule has 0 amide bonds. The van der Waals surface area contributed by atoms with Crippen LogP contribution in [-0.2, 0) is 6.42 Å². The molecule has 2 aromatic heterocycles. The van der Waals surface area contributed by atoms with Crippen molar-refractivity contribution in [2.24, 2.45) is 0 Å². The van der Waals surface area contributed by atoms with Crippen LogP contribution in [0.15, 0.2) is 30.7 Å². The van der Waals surface area contributed by atoms with E-state index in [-0.39, 0.29) is 0 Å². The Morgan fingerprint density at radius 1 is 0.885 bits per heavy atom. The summed E-state index contributed by atoms with van der Waals surface area (Å²) < 4.78 is 2.21. The number of hydrogen-bond donors (Lipinski definition) is 0. The van der Waals surface area contributed by atoms with Crippen LogP contribution < -0.4 is 0 Å². The lowest BCUT2D eigenvalue weighted by Crippen LogP contribution is -2.06. The second kappa shape index (κ2) is 19.7. The van der Waals surface area contributed by atoms with Gasteiger partial charge in [-0.2, -0.15) is 0 Å². The first kappa shape index (κ1) is 29.1. The maximum Gasteiger partial charge on any atom is 0.111 e. The Balaban J connectivity index is -0.000000319. The van der Waals surface area contributed by atoms with Crippen molar-refractivity contribution in [1.82, 2.24) is 14.5 Å². The molecule has 2 rings (SSSR count). The third-order valence-electron chi connectivity index (χ3n) is 3.15. The average Bonchev–Trinajstić information content (AvgIpc) is 3.18. The van der Waals surface area contributed by atoms with Crippen molar-refractivity contribution in [2.75, 3.05) is 0 Å². The number of imidazole rings is 1. The highest BCUT2D eigenvalue weighted by atomic mass is 15.1. The largest absolute Gasteiger partial charge is 0.332 e. The number of hydrogen-bond acceptors (Lipinski definition) is 2. The molecule has 0 aliphatic heterocycles. The van der Waals surface area contributed by atoms with Gasteiger partial charge in [-0.25, -0.2) is 4.98 Å². The monoisotopic (exact) mass is 363 g/mol. The molecule has 152 valence electrons. The number of pyridine rings is 1. The second-order valence-corrected chi connectivity index (χ2v) is 5.60. The molecule has 2 aromatic rings. The minimum atomic E-state index is 0.521. The second-order valence-electron chi connectivity index (χ2n) is 5.60. The Kier molecular flexibility index (Phi) is 22.1. The van der Waals surface area contributed by atoms with Crippen LogP contribution in [0.4, 0.5) is 0 Å². The SMILES string of the molecule is CC.CC.CC.CC(C)c1nccn1C(C)C.CCc1ccc(C)nc1. The predicted octanol–water partition coefficient (Wildman–Crippen LogP) is 7.62. The summed E-state index contributed by atoms with van der Waals surface area (Å²) in [4.78, 5) is 8.45. The molecule has 2 heterocycles. The Labute approximate surface area is 164 Å². The molecule has 0 atom stereocenters. The molecule has 0 aliphatic carbocycles. The minimum absolute atomic E-state index is 0.521. The van der Waals surface area contributed by atoms with Crippen LogP contribution in [0.1, 0.15) is 105 Å². The van der Waals surface area contributed by atoms with E-state index in [9.17, 15) is 0 Å². The van der Waals surface area contributed by atoms with Crippen molar-refractivity contribution in [2.45, 2.75) is 101 Å². The van der Waals surface area contributed by atoms with Gasteiger partial charge in [-0.3, -0.25) is 4.98 Å². The fourth-order valence-electron chi connectivity index (χ4n) is 1.92. The van der Waals surface area contributed by atoms with Crippen LogP contribution in [-0.4, -0.2) is 14.5 Å². The predicted molar refractivity (Wildman–Crippen MR) is 119 cm³/mol. The molecule has 26 heavy (non-hydrogen) atoms. The molecule has 0 saturated carbocycles. The molecular weight excluding hydrogens is 318 g/mol. The number of nitrogens with zero attached hydrogens (tertiary/aromatic N) is 3. The van der Waals surface area contributed by atoms with Crippen LogP contribution in [0, 0.1) is 6.92 Å². The van der Waals surface area contributed by atoms with Crippen LogP contribution in [0.25, 0.3) is 0 Å². The molecule has 0 unspecified atom stereocenters. The molecule has 0 radical (unpaired) electrons. The topological polar surface area (TPSA) is 30.7 Å². The van der Waals surface area contributed by atoms with Gasteiger partial charge in [0, 0.05) is 36.2 Å². The standard InChI is InChI=1S/C9H16N2.C8H11N.3C2H6/c1-7(2)9-10-5-6-11(9)8(3)4;1-3-8-5-4-7(2)9-6-8;3*1-2/h5-8H,1-4H3;4-6H,3H2,1-2H3;3*1-2H3.